The third-order valence-electron chi connectivity index (χ3n) is 3.10. The van der Waals surface area contributed by atoms with Gasteiger partial charge < -0.3 is 9.13 Å². The summed E-state index contributed by atoms with van der Waals surface area (Å²) in [5.41, 5.74) is 2.37. The second kappa shape index (κ2) is 5.20. The van der Waals surface area contributed by atoms with Crippen LogP contribution in [0.15, 0.2) is 24.8 Å². The largest absolute Gasteiger partial charge is 0.340 e. The molecule has 0 saturated heterocycles. The molecule has 0 fully saturated rings. The average molecular weight is 294 g/mol. The Morgan fingerprint density at radius 3 is 2.90 bits per heavy atom. The minimum Gasteiger partial charge on any atom is -0.340 e. The van der Waals surface area contributed by atoms with Gasteiger partial charge in [-0.2, -0.15) is 4.98 Å². The van der Waals surface area contributed by atoms with Crippen LogP contribution in [0, 0.1) is 0 Å². The van der Waals surface area contributed by atoms with Gasteiger partial charge in [0.15, 0.2) is 0 Å². The second-order valence-electron chi connectivity index (χ2n) is 4.58. The Morgan fingerprint density at radius 2 is 2.20 bits per heavy atom. The lowest BCUT2D eigenvalue weighted by Crippen LogP contribution is -2.02. The van der Waals surface area contributed by atoms with E-state index in [0.717, 1.165) is 16.8 Å². The molecule has 0 saturated carbocycles. The standard InChI is InChI=1S/C13H13ClFN5/c1-19-7-9(16-8-19)6-11-10-2-4-20(5-3-15)12(10)18-13(14)17-11/h2,4,7-8H,3,5-6H2,1H3. The molecule has 0 bridgehead atoms. The number of hydrogen-bond acceptors (Lipinski definition) is 3. The normalized spacial score (nSPS) is 11.3. The van der Waals surface area contributed by atoms with Crippen LogP contribution in [0.3, 0.4) is 0 Å². The third-order valence-corrected chi connectivity index (χ3v) is 3.27. The predicted octanol–water partition coefficient (Wildman–Crippen LogP) is 2.38. The molecular formula is C13H13ClFN5. The average Bonchev–Trinajstić information content (AvgIpc) is 2.97. The van der Waals surface area contributed by atoms with Gasteiger partial charge in [0.2, 0.25) is 5.28 Å². The summed E-state index contributed by atoms with van der Waals surface area (Å²) in [6.07, 6.45) is 6.04. The molecule has 0 aliphatic heterocycles. The van der Waals surface area contributed by atoms with Crippen LogP contribution in [0.2, 0.25) is 5.28 Å². The van der Waals surface area contributed by atoms with Gasteiger partial charge in [0.05, 0.1) is 24.3 Å². The maximum Gasteiger partial charge on any atom is 0.224 e. The molecule has 104 valence electrons. The number of halogens is 2. The zero-order valence-electron chi connectivity index (χ0n) is 10.9. The quantitative estimate of drug-likeness (QED) is 0.694. The highest BCUT2D eigenvalue weighted by atomic mass is 35.5. The Bertz CT molecular complexity index is 748. The Labute approximate surface area is 120 Å². The first-order chi connectivity index (χ1) is 9.67. The number of rotatable bonds is 4. The minimum absolute atomic E-state index is 0.169. The van der Waals surface area contributed by atoms with Crippen molar-refractivity contribution < 1.29 is 4.39 Å². The highest BCUT2D eigenvalue weighted by molar-refractivity contribution is 6.28. The number of nitrogens with zero attached hydrogens (tertiary/aromatic N) is 5. The van der Waals surface area contributed by atoms with Crippen molar-refractivity contribution in [1.82, 2.24) is 24.1 Å². The lowest BCUT2D eigenvalue weighted by Gasteiger charge is -2.04. The zero-order valence-corrected chi connectivity index (χ0v) is 11.7. The van der Waals surface area contributed by atoms with Crippen molar-refractivity contribution in [2.45, 2.75) is 13.0 Å². The van der Waals surface area contributed by atoms with E-state index in [-0.39, 0.29) is 11.8 Å². The Balaban J connectivity index is 2.05. The van der Waals surface area contributed by atoms with Gasteiger partial charge in [0, 0.05) is 31.2 Å². The number of aryl methyl sites for hydroxylation is 2. The SMILES string of the molecule is Cn1cnc(Cc2nc(Cl)nc3c2ccn3CCF)c1. The van der Waals surface area contributed by atoms with Crippen LogP contribution in [0.1, 0.15) is 11.4 Å². The van der Waals surface area contributed by atoms with Crippen LogP contribution in [0.5, 0.6) is 0 Å². The molecular weight excluding hydrogens is 281 g/mol. The molecule has 0 aliphatic carbocycles. The van der Waals surface area contributed by atoms with Crippen LogP contribution < -0.4 is 0 Å². The molecule has 0 aliphatic rings. The summed E-state index contributed by atoms with van der Waals surface area (Å²) >= 11 is 5.97. The summed E-state index contributed by atoms with van der Waals surface area (Å²) in [5.74, 6) is 0. The number of imidazole rings is 1. The summed E-state index contributed by atoms with van der Waals surface area (Å²) in [7, 11) is 1.91. The highest BCUT2D eigenvalue weighted by Crippen LogP contribution is 2.21. The van der Waals surface area contributed by atoms with E-state index in [9.17, 15) is 4.39 Å². The fourth-order valence-corrected chi connectivity index (χ4v) is 2.42. The van der Waals surface area contributed by atoms with E-state index in [1.165, 1.54) is 0 Å². The molecule has 3 aromatic rings. The Hall–Kier alpha value is -1.95. The molecule has 3 heterocycles. The van der Waals surface area contributed by atoms with Gasteiger partial charge in [0.1, 0.15) is 12.3 Å². The van der Waals surface area contributed by atoms with Crippen LogP contribution >= 0.6 is 11.6 Å². The Morgan fingerprint density at radius 1 is 1.35 bits per heavy atom. The smallest absolute Gasteiger partial charge is 0.224 e. The van der Waals surface area contributed by atoms with E-state index in [1.807, 2.05) is 23.9 Å². The van der Waals surface area contributed by atoms with Gasteiger partial charge >= 0.3 is 0 Å². The van der Waals surface area contributed by atoms with Gasteiger partial charge in [-0.3, -0.25) is 0 Å². The third kappa shape index (κ3) is 2.38. The molecule has 7 heteroatoms. The molecule has 20 heavy (non-hydrogen) atoms. The zero-order chi connectivity index (χ0) is 14.1. The molecule has 0 aromatic carbocycles. The molecule has 0 spiro atoms. The fourth-order valence-electron chi connectivity index (χ4n) is 2.23. The molecule has 0 atom stereocenters. The minimum atomic E-state index is -0.443. The first-order valence-electron chi connectivity index (χ1n) is 6.21. The lowest BCUT2D eigenvalue weighted by atomic mass is 10.2. The molecule has 5 nitrogen and oxygen atoms in total. The van der Waals surface area contributed by atoms with Crippen molar-refractivity contribution in [2.24, 2.45) is 7.05 Å². The molecule has 0 N–H and O–H groups in total. The van der Waals surface area contributed by atoms with E-state index < -0.39 is 6.67 Å². The van der Waals surface area contributed by atoms with E-state index in [1.54, 1.807) is 17.1 Å². The van der Waals surface area contributed by atoms with Gasteiger partial charge in [0.25, 0.3) is 0 Å². The summed E-state index contributed by atoms with van der Waals surface area (Å²) in [5, 5.41) is 1.05. The molecule has 0 unspecified atom stereocenters. The summed E-state index contributed by atoms with van der Waals surface area (Å²) in [6, 6.07) is 1.89. The predicted molar refractivity (Wildman–Crippen MR) is 74.5 cm³/mol. The first-order valence-corrected chi connectivity index (χ1v) is 6.59. The van der Waals surface area contributed by atoms with Crippen molar-refractivity contribution in [2.75, 3.05) is 6.67 Å². The maximum absolute atomic E-state index is 12.5. The summed E-state index contributed by atoms with van der Waals surface area (Å²) < 4.78 is 16.1. The second-order valence-corrected chi connectivity index (χ2v) is 4.92. The molecule has 0 amide bonds. The van der Waals surface area contributed by atoms with Crippen LogP contribution in [-0.2, 0) is 20.0 Å². The van der Waals surface area contributed by atoms with Gasteiger partial charge in [-0.15, -0.1) is 0 Å². The lowest BCUT2D eigenvalue weighted by molar-refractivity contribution is 0.450. The summed E-state index contributed by atoms with van der Waals surface area (Å²) in [6.45, 7) is -0.180. The number of alkyl halides is 1. The van der Waals surface area contributed by atoms with Crippen LogP contribution in [-0.4, -0.2) is 30.8 Å². The molecule has 3 aromatic heterocycles. The van der Waals surface area contributed by atoms with Crippen molar-refractivity contribution in [1.29, 1.82) is 0 Å². The van der Waals surface area contributed by atoms with E-state index in [2.05, 4.69) is 15.0 Å². The van der Waals surface area contributed by atoms with Gasteiger partial charge in [-0.25, -0.2) is 14.4 Å². The Kier molecular flexibility index (Phi) is 3.40. The van der Waals surface area contributed by atoms with Crippen LogP contribution in [0.4, 0.5) is 4.39 Å². The first kappa shape index (κ1) is 13.1. The molecule has 3 rings (SSSR count). The summed E-state index contributed by atoms with van der Waals surface area (Å²) in [4.78, 5) is 12.7. The van der Waals surface area contributed by atoms with Crippen molar-refractivity contribution >= 4 is 22.6 Å². The van der Waals surface area contributed by atoms with E-state index in [0.29, 0.717) is 12.1 Å². The van der Waals surface area contributed by atoms with Crippen LogP contribution in [0.25, 0.3) is 11.0 Å². The molecule has 0 radical (unpaired) electrons. The van der Waals surface area contributed by atoms with Crippen molar-refractivity contribution in [3.8, 4) is 0 Å². The fraction of sp³-hybridized carbons (Fsp3) is 0.308. The number of aromatic nitrogens is 5. The van der Waals surface area contributed by atoms with Crippen molar-refractivity contribution in [3.05, 3.63) is 41.5 Å². The topological polar surface area (TPSA) is 48.5 Å². The van der Waals surface area contributed by atoms with Crippen molar-refractivity contribution in [3.63, 3.8) is 0 Å². The monoisotopic (exact) mass is 293 g/mol. The van der Waals surface area contributed by atoms with E-state index in [4.69, 9.17) is 11.6 Å². The number of fused-ring (bicyclic) bond motifs is 1. The van der Waals surface area contributed by atoms with Gasteiger partial charge in [-0.05, 0) is 17.7 Å². The van der Waals surface area contributed by atoms with E-state index >= 15 is 0 Å². The highest BCUT2D eigenvalue weighted by Gasteiger charge is 2.12. The maximum atomic E-state index is 12.5. The number of hydrogen-bond donors (Lipinski definition) is 0. The van der Waals surface area contributed by atoms with Gasteiger partial charge in [-0.1, -0.05) is 0 Å².